The van der Waals surface area contributed by atoms with Gasteiger partial charge in [0.15, 0.2) is 5.96 Å². The number of aryl methyl sites for hydroxylation is 1. The molecule has 27 heavy (non-hydrogen) atoms. The molecular weight excluding hydrogens is 364 g/mol. The molecule has 0 aliphatic heterocycles. The third-order valence-corrected chi connectivity index (χ3v) is 4.26. The van der Waals surface area contributed by atoms with Gasteiger partial charge in [0.05, 0.1) is 30.5 Å². The third-order valence-electron chi connectivity index (χ3n) is 3.96. The molecule has 3 N–H and O–H groups in total. The minimum Gasteiger partial charge on any atom is -0.375 e. The van der Waals surface area contributed by atoms with Crippen LogP contribution in [0.3, 0.4) is 0 Å². The number of halogens is 1. The molecule has 0 bridgehead atoms. The number of carbonyl (C=O) groups excluding carboxylic acids is 1. The molecule has 0 saturated heterocycles. The van der Waals surface area contributed by atoms with Crippen molar-refractivity contribution in [2.24, 2.45) is 10.7 Å². The van der Waals surface area contributed by atoms with Crippen LogP contribution in [-0.2, 0) is 17.8 Å². The van der Waals surface area contributed by atoms with Crippen LogP contribution in [0.1, 0.15) is 18.1 Å². The lowest BCUT2D eigenvalue weighted by Crippen LogP contribution is -2.45. The van der Waals surface area contributed by atoms with Gasteiger partial charge < -0.3 is 10.5 Å². The van der Waals surface area contributed by atoms with Crippen LogP contribution in [-0.4, -0.2) is 32.2 Å². The van der Waals surface area contributed by atoms with Gasteiger partial charge in [0.2, 0.25) is 0 Å². The fourth-order valence-electron chi connectivity index (χ4n) is 2.55. The maximum Gasteiger partial charge on any atom is 0.328 e. The van der Waals surface area contributed by atoms with E-state index in [1.54, 1.807) is 13.1 Å². The highest BCUT2D eigenvalue weighted by Crippen LogP contribution is 2.29. The molecule has 0 spiro atoms. The molecule has 2 rings (SSSR count). The number of urea groups is 1. The molecule has 0 heterocycles. The fourth-order valence-corrected chi connectivity index (χ4v) is 2.87. The second kappa shape index (κ2) is 10.5. The lowest BCUT2D eigenvalue weighted by Gasteiger charge is -2.22. The number of nitrogens with one attached hydrogen (secondary N) is 1. The largest absolute Gasteiger partial charge is 0.375 e. The fraction of sp³-hybridized carbons (Fsp3) is 0.300. The minimum absolute atomic E-state index is 0.0419. The van der Waals surface area contributed by atoms with Crippen molar-refractivity contribution in [3.05, 3.63) is 64.7 Å². The van der Waals surface area contributed by atoms with Crippen molar-refractivity contribution in [2.45, 2.75) is 20.0 Å². The average Bonchev–Trinajstić information content (AvgIpc) is 2.67. The smallest absolute Gasteiger partial charge is 0.328 e. The number of aliphatic imine (C=N–C) groups is 1. The third kappa shape index (κ3) is 6.27. The summed E-state index contributed by atoms with van der Waals surface area (Å²) in [6.45, 7) is 3.28. The van der Waals surface area contributed by atoms with E-state index in [1.807, 2.05) is 49.4 Å². The van der Waals surface area contributed by atoms with E-state index in [2.05, 4.69) is 10.3 Å². The number of carbonyl (C=O) groups is 1. The molecule has 2 aromatic carbocycles. The van der Waals surface area contributed by atoms with Crippen molar-refractivity contribution < 1.29 is 9.53 Å². The topological polar surface area (TPSA) is 80.0 Å². The number of hydrogen-bond donors (Lipinski definition) is 2. The van der Waals surface area contributed by atoms with Crippen molar-refractivity contribution in [3.8, 4) is 0 Å². The second-order valence-electron chi connectivity index (χ2n) is 5.90. The number of anilines is 1. The summed E-state index contributed by atoms with van der Waals surface area (Å²) in [5.74, 6) is 0.0419. The molecule has 0 saturated carbocycles. The number of guanidine groups is 1. The zero-order valence-corrected chi connectivity index (χ0v) is 16.4. The highest BCUT2D eigenvalue weighted by atomic mass is 35.5. The Kier molecular flexibility index (Phi) is 8.10. The highest BCUT2D eigenvalue weighted by Gasteiger charge is 2.17. The Bertz CT molecular complexity index is 781. The van der Waals surface area contributed by atoms with Crippen LogP contribution in [0.2, 0.25) is 5.02 Å². The molecule has 6 nitrogen and oxygen atoms in total. The molecule has 0 atom stereocenters. The molecule has 0 aliphatic rings. The van der Waals surface area contributed by atoms with Gasteiger partial charge in [-0.1, -0.05) is 61.0 Å². The molecule has 7 heteroatoms. The summed E-state index contributed by atoms with van der Waals surface area (Å²) in [5, 5.41) is 3.08. The molecule has 0 aliphatic carbocycles. The summed E-state index contributed by atoms with van der Waals surface area (Å²) < 4.78 is 5.53. The van der Waals surface area contributed by atoms with E-state index >= 15 is 0 Å². The summed E-state index contributed by atoms with van der Waals surface area (Å²) >= 11 is 6.25. The molecule has 0 aromatic heterocycles. The number of para-hydroxylation sites is 1. The molecule has 144 valence electrons. The van der Waals surface area contributed by atoms with Crippen molar-refractivity contribution in [1.29, 1.82) is 0 Å². The summed E-state index contributed by atoms with van der Waals surface area (Å²) in [4.78, 5) is 18.0. The van der Waals surface area contributed by atoms with Gasteiger partial charge in [-0.2, -0.15) is 0 Å². The predicted octanol–water partition coefficient (Wildman–Crippen LogP) is 3.58. The van der Waals surface area contributed by atoms with Crippen LogP contribution in [0.4, 0.5) is 10.5 Å². The second-order valence-corrected chi connectivity index (χ2v) is 6.30. The summed E-state index contributed by atoms with van der Waals surface area (Å²) in [7, 11) is 1.64. The van der Waals surface area contributed by atoms with Crippen LogP contribution in [0.15, 0.2) is 53.5 Å². The molecule has 0 unspecified atom stereocenters. The number of benzene rings is 2. The monoisotopic (exact) mass is 388 g/mol. The van der Waals surface area contributed by atoms with Crippen LogP contribution in [0, 0.1) is 0 Å². The maximum atomic E-state index is 12.4. The number of nitrogens with zero attached hydrogens (tertiary/aromatic N) is 2. The first-order valence-electron chi connectivity index (χ1n) is 8.76. The van der Waals surface area contributed by atoms with Crippen molar-refractivity contribution >= 4 is 29.3 Å². The van der Waals surface area contributed by atoms with E-state index < -0.39 is 6.03 Å². The number of ether oxygens (including phenoxy) is 1. The summed E-state index contributed by atoms with van der Waals surface area (Å²) in [6, 6.07) is 15.0. The number of amides is 2. The Morgan fingerprint density at radius 2 is 1.96 bits per heavy atom. The van der Waals surface area contributed by atoms with E-state index in [4.69, 9.17) is 22.1 Å². The zero-order chi connectivity index (χ0) is 19.6. The Labute approximate surface area is 165 Å². The van der Waals surface area contributed by atoms with Gasteiger partial charge in [0.1, 0.15) is 0 Å². The van der Waals surface area contributed by atoms with E-state index in [1.165, 1.54) is 4.90 Å². The molecule has 0 radical (unpaired) electrons. The van der Waals surface area contributed by atoms with Crippen molar-refractivity contribution in [3.63, 3.8) is 0 Å². The van der Waals surface area contributed by atoms with E-state index in [-0.39, 0.29) is 5.96 Å². The number of rotatable bonds is 7. The Morgan fingerprint density at radius 3 is 2.67 bits per heavy atom. The summed E-state index contributed by atoms with van der Waals surface area (Å²) in [5.41, 5.74) is 8.53. The van der Waals surface area contributed by atoms with Crippen LogP contribution >= 0.6 is 11.6 Å². The molecular formula is C20H25ClN4O2. The molecule has 2 aromatic rings. The van der Waals surface area contributed by atoms with Crippen LogP contribution < -0.4 is 16.0 Å². The van der Waals surface area contributed by atoms with Gasteiger partial charge in [-0.05, 0) is 23.6 Å². The van der Waals surface area contributed by atoms with E-state index in [0.717, 1.165) is 17.5 Å². The van der Waals surface area contributed by atoms with Gasteiger partial charge in [-0.25, -0.2) is 4.79 Å². The predicted molar refractivity (Wildman–Crippen MR) is 110 cm³/mol. The van der Waals surface area contributed by atoms with Gasteiger partial charge >= 0.3 is 6.03 Å². The first-order chi connectivity index (χ1) is 13.0. The number of nitrogens with two attached hydrogens (primary N) is 1. The van der Waals surface area contributed by atoms with E-state index in [0.29, 0.717) is 30.5 Å². The number of hydrogen-bond acceptors (Lipinski definition) is 3. The van der Waals surface area contributed by atoms with Crippen molar-refractivity contribution in [1.82, 2.24) is 5.32 Å². The maximum absolute atomic E-state index is 12.4. The highest BCUT2D eigenvalue weighted by molar-refractivity contribution is 6.34. The van der Waals surface area contributed by atoms with Crippen LogP contribution in [0.25, 0.3) is 0 Å². The normalized spacial score (nSPS) is 11.3. The Hall–Kier alpha value is -2.57. The minimum atomic E-state index is -0.399. The quantitative estimate of drug-likeness (QED) is 0.432. The van der Waals surface area contributed by atoms with Gasteiger partial charge in [-0.15, -0.1) is 0 Å². The van der Waals surface area contributed by atoms with Gasteiger partial charge in [-0.3, -0.25) is 15.2 Å². The lowest BCUT2D eigenvalue weighted by atomic mass is 10.1. The summed E-state index contributed by atoms with van der Waals surface area (Å²) in [6.07, 6.45) is 0.760. The zero-order valence-electron chi connectivity index (χ0n) is 15.6. The standard InChI is InChI=1S/C20H25ClN4O2/c1-3-16-10-7-11-17(21)18(16)25(2)20(26)24-19(22)23-12-13-27-14-15-8-5-4-6-9-15/h4-11H,3,12-14H2,1-2H3,(H3,22,23,24,26). The SMILES string of the molecule is CCc1cccc(Cl)c1N(C)C(=O)NC(N)=NCCOCc1ccccc1. The molecule has 0 fully saturated rings. The van der Waals surface area contributed by atoms with Crippen LogP contribution in [0.5, 0.6) is 0 Å². The molecule has 2 amide bonds. The van der Waals surface area contributed by atoms with E-state index in [9.17, 15) is 4.79 Å². The first kappa shape index (κ1) is 20.7. The first-order valence-corrected chi connectivity index (χ1v) is 9.14. The van der Waals surface area contributed by atoms with Crippen molar-refractivity contribution in [2.75, 3.05) is 25.1 Å². The average molecular weight is 389 g/mol. The lowest BCUT2D eigenvalue weighted by molar-refractivity contribution is 0.128. The Balaban J connectivity index is 1.83. The Morgan fingerprint density at radius 1 is 1.22 bits per heavy atom. The van der Waals surface area contributed by atoms with Gasteiger partial charge in [0, 0.05) is 7.05 Å². The van der Waals surface area contributed by atoms with Gasteiger partial charge in [0.25, 0.3) is 0 Å².